The van der Waals surface area contributed by atoms with E-state index < -0.39 is 0 Å². The maximum Gasteiger partial charge on any atom is 0.202 e. The zero-order valence-electron chi connectivity index (χ0n) is 13.0. The van der Waals surface area contributed by atoms with Gasteiger partial charge in [-0.05, 0) is 48.3 Å². The molecule has 3 rings (SSSR count). The van der Waals surface area contributed by atoms with Gasteiger partial charge in [-0.2, -0.15) is 0 Å². The second-order valence-electron chi connectivity index (χ2n) is 6.56. The molecule has 2 aromatic rings. The van der Waals surface area contributed by atoms with Crippen LogP contribution in [0.5, 0.6) is 0 Å². The summed E-state index contributed by atoms with van der Waals surface area (Å²) < 4.78 is 0. The monoisotopic (exact) mass is 298 g/mol. The predicted octanol–water partition coefficient (Wildman–Crippen LogP) is 5.16. The maximum atomic E-state index is 12.6. The van der Waals surface area contributed by atoms with Crippen molar-refractivity contribution in [3.63, 3.8) is 0 Å². The summed E-state index contributed by atoms with van der Waals surface area (Å²) in [7, 11) is 0. The first-order valence-corrected chi connectivity index (χ1v) is 8.60. The van der Waals surface area contributed by atoms with Gasteiger partial charge in [0.25, 0.3) is 0 Å². The van der Waals surface area contributed by atoms with Crippen molar-refractivity contribution in [3.8, 4) is 0 Å². The largest absolute Gasteiger partial charge is 0.288 e. The molecule has 1 aliphatic rings. The first-order chi connectivity index (χ1) is 10.0. The predicted molar refractivity (Wildman–Crippen MR) is 89.5 cm³/mol. The van der Waals surface area contributed by atoms with E-state index in [1.807, 2.05) is 12.1 Å². The van der Waals surface area contributed by atoms with Gasteiger partial charge in [-0.1, -0.05) is 45.0 Å². The van der Waals surface area contributed by atoms with Crippen LogP contribution in [0.1, 0.15) is 64.9 Å². The van der Waals surface area contributed by atoms with Gasteiger partial charge in [-0.3, -0.25) is 4.79 Å². The number of benzene rings is 1. The fraction of sp³-hybridized carbons (Fsp3) is 0.421. The normalized spacial score (nSPS) is 14.2. The zero-order chi connectivity index (χ0) is 15.0. The van der Waals surface area contributed by atoms with Crippen molar-refractivity contribution in [1.82, 2.24) is 0 Å². The van der Waals surface area contributed by atoms with Crippen molar-refractivity contribution in [3.05, 3.63) is 56.8 Å². The molecule has 0 atom stereocenters. The van der Waals surface area contributed by atoms with Crippen LogP contribution in [-0.4, -0.2) is 5.78 Å². The second kappa shape index (κ2) is 5.42. The molecule has 1 aromatic heterocycles. The minimum absolute atomic E-state index is 0.172. The van der Waals surface area contributed by atoms with E-state index in [0.29, 0.717) is 0 Å². The Balaban J connectivity index is 1.85. The summed E-state index contributed by atoms with van der Waals surface area (Å²) >= 11 is 1.69. The lowest BCUT2D eigenvalue weighted by Crippen LogP contribution is -2.15. The highest BCUT2D eigenvalue weighted by molar-refractivity contribution is 7.14. The topological polar surface area (TPSA) is 17.1 Å². The van der Waals surface area contributed by atoms with Gasteiger partial charge in [0.15, 0.2) is 0 Å². The number of hydrogen-bond acceptors (Lipinski definition) is 2. The SMILES string of the molecule is CCC(C)(C)c1ccc(C(=O)c2cc3c(s2)CCC3)cc1. The fourth-order valence-electron chi connectivity index (χ4n) is 2.86. The van der Waals surface area contributed by atoms with Crippen LogP contribution in [0.4, 0.5) is 0 Å². The van der Waals surface area contributed by atoms with Crippen LogP contribution in [-0.2, 0) is 18.3 Å². The van der Waals surface area contributed by atoms with Crippen LogP contribution in [0.3, 0.4) is 0 Å². The Morgan fingerprint density at radius 3 is 2.52 bits per heavy atom. The van der Waals surface area contributed by atoms with Gasteiger partial charge >= 0.3 is 0 Å². The highest BCUT2D eigenvalue weighted by Crippen LogP contribution is 2.32. The number of fused-ring (bicyclic) bond motifs is 1. The summed E-state index contributed by atoms with van der Waals surface area (Å²) in [6.07, 6.45) is 4.63. The molecule has 0 amide bonds. The molecular formula is C19H22OS. The molecule has 0 saturated carbocycles. The van der Waals surface area contributed by atoms with Crippen LogP contribution in [0, 0.1) is 0 Å². The van der Waals surface area contributed by atoms with E-state index in [1.54, 1.807) is 11.3 Å². The van der Waals surface area contributed by atoms with E-state index in [1.165, 1.54) is 22.4 Å². The average Bonchev–Trinajstić information content (AvgIpc) is 3.08. The van der Waals surface area contributed by atoms with E-state index in [-0.39, 0.29) is 11.2 Å². The Hall–Kier alpha value is -1.41. The Bertz CT molecular complexity index is 640. The van der Waals surface area contributed by atoms with Crippen molar-refractivity contribution >= 4 is 17.1 Å². The highest BCUT2D eigenvalue weighted by atomic mass is 32.1. The summed E-state index contributed by atoms with van der Waals surface area (Å²) in [5.41, 5.74) is 3.68. The minimum Gasteiger partial charge on any atom is -0.288 e. The number of carbonyl (C=O) groups is 1. The molecule has 0 fully saturated rings. The summed E-state index contributed by atoms with van der Waals surface area (Å²) in [5.74, 6) is 0.176. The van der Waals surface area contributed by atoms with Crippen molar-refractivity contribution in [2.24, 2.45) is 0 Å². The molecule has 0 spiro atoms. The summed E-state index contributed by atoms with van der Waals surface area (Å²) in [4.78, 5) is 14.9. The first-order valence-electron chi connectivity index (χ1n) is 7.78. The molecule has 0 bridgehead atoms. The number of hydrogen-bond donors (Lipinski definition) is 0. The van der Waals surface area contributed by atoms with E-state index in [9.17, 15) is 4.79 Å². The van der Waals surface area contributed by atoms with Gasteiger partial charge in [0.1, 0.15) is 0 Å². The van der Waals surface area contributed by atoms with Gasteiger partial charge in [0.05, 0.1) is 4.88 Å². The van der Waals surface area contributed by atoms with Gasteiger partial charge in [0.2, 0.25) is 5.78 Å². The van der Waals surface area contributed by atoms with Crippen LogP contribution in [0.2, 0.25) is 0 Å². The van der Waals surface area contributed by atoms with Crippen molar-refractivity contribution in [1.29, 1.82) is 0 Å². The summed E-state index contributed by atoms with van der Waals surface area (Å²) in [6, 6.07) is 10.3. The number of ketones is 1. The van der Waals surface area contributed by atoms with E-state index in [4.69, 9.17) is 0 Å². The smallest absolute Gasteiger partial charge is 0.202 e. The number of thiophene rings is 1. The Kier molecular flexibility index (Phi) is 3.75. The molecule has 1 heterocycles. The maximum absolute atomic E-state index is 12.6. The molecule has 2 heteroatoms. The van der Waals surface area contributed by atoms with E-state index in [2.05, 4.69) is 39.0 Å². The van der Waals surface area contributed by atoms with Crippen LogP contribution in [0.15, 0.2) is 30.3 Å². The Morgan fingerprint density at radius 2 is 1.90 bits per heavy atom. The highest BCUT2D eigenvalue weighted by Gasteiger charge is 2.21. The van der Waals surface area contributed by atoms with E-state index >= 15 is 0 Å². The second-order valence-corrected chi connectivity index (χ2v) is 7.69. The van der Waals surface area contributed by atoms with Crippen molar-refractivity contribution < 1.29 is 4.79 Å². The van der Waals surface area contributed by atoms with E-state index in [0.717, 1.165) is 29.7 Å². The lowest BCUT2D eigenvalue weighted by molar-refractivity contribution is 0.104. The number of rotatable bonds is 4. The fourth-order valence-corrected chi connectivity index (χ4v) is 4.08. The van der Waals surface area contributed by atoms with Gasteiger partial charge in [-0.15, -0.1) is 11.3 Å². The average molecular weight is 298 g/mol. The van der Waals surface area contributed by atoms with Crippen molar-refractivity contribution in [2.45, 2.75) is 51.9 Å². The van der Waals surface area contributed by atoms with Gasteiger partial charge in [-0.25, -0.2) is 0 Å². The third-order valence-electron chi connectivity index (χ3n) is 4.78. The van der Waals surface area contributed by atoms with Gasteiger partial charge in [0, 0.05) is 10.4 Å². The van der Waals surface area contributed by atoms with Crippen molar-refractivity contribution in [2.75, 3.05) is 0 Å². The Labute approximate surface area is 131 Å². The minimum atomic E-state index is 0.172. The molecule has 0 saturated heterocycles. The lowest BCUT2D eigenvalue weighted by atomic mass is 9.82. The van der Waals surface area contributed by atoms with Crippen LogP contribution >= 0.6 is 11.3 Å². The molecule has 0 N–H and O–H groups in total. The standard InChI is InChI=1S/C19H22OS/c1-4-19(2,3)15-10-8-13(9-11-15)18(20)17-12-14-6-5-7-16(14)21-17/h8-12H,4-7H2,1-3H3. The molecule has 0 aliphatic heterocycles. The third-order valence-corrected chi connectivity index (χ3v) is 6.02. The van der Waals surface area contributed by atoms with Crippen LogP contribution in [0.25, 0.3) is 0 Å². The molecule has 21 heavy (non-hydrogen) atoms. The quantitative estimate of drug-likeness (QED) is 0.713. The first kappa shape index (κ1) is 14.5. The molecule has 110 valence electrons. The Morgan fingerprint density at radius 1 is 1.19 bits per heavy atom. The molecule has 1 aliphatic carbocycles. The molecule has 0 unspecified atom stereocenters. The molecule has 0 radical (unpaired) electrons. The number of carbonyl (C=O) groups excluding carboxylic acids is 1. The third kappa shape index (κ3) is 2.69. The summed E-state index contributed by atoms with van der Waals surface area (Å²) in [6.45, 7) is 6.69. The van der Waals surface area contributed by atoms with Gasteiger partial charge < -0.3 is 0 Å². The molecule has 1 nitrogen and oxygen atoms in total. The summed E-state index contributed by atoms with van der Waals surface area (Å²) in [5, 5.41) is 0. The molecular weight excluding hydrogens is 276 g/mol. The zero-order valence-corrected chi connectivity index (χ0v) is 13.8. The number of aryl methyl sites for hydroxylation is 2. The van der Waals surface area contributed by atoms with Crippen LogP contribution < -0.4 is 0 Å². The lowest BCUT2D eigenvalue weighted by Gasteiger charge is -2.23. The molecule has 1 aromatic carbocycles.